The minimum Gasteiger partial charge on any atom is -0.487 e. The summed E-state index contributed by atoms with van der Waals surface area (Å²) in [6.45, 7) is 0.502. The molecule has 1 aromatic carbocycles. The molecule has 0 amide bonds. The molecule has 1 aliphatic rings. The van der Waals surface area contributed by atoms with E-state index in [-0.39, 0.29) is 6.10 Å². The van der Waals surface area contributed by atoms with Gasteiger partial charge in [-0.15, -0.1) is 11.3 Å². The monoisotopic (exact) mass is 318 g/mol. The molecule has 1 aliphatic carbocycles. The third kappa shape index (κ3) is 3.85. The molecule has 4 nitrogen and oxygen atoms in total. The van der Waals surface area contributed by atoms with Crippen molar-refractivity contribution in [3.05, 3.63) is 46.4 Å². The van der Waals surface area contributed by atoms with E-state index in [2.05, 4.69) is 17.1 Å². The molecule has 0 radical (unpaired) electrons. The molecule has 0 saturated heterocycles. The molecule has 1 atom stereocenters. The van der Waals surface area contributed by atoms with Crippen LogP contribution in [0.5, 0.6) is 5.75 Å². The second-order valence-electron chi connectivity index (χ2n) is 5.79. The smallest absolute Gasteiger partial charge is 0.131 e. The highest BCUT2D eigenvalue weighted by atomic mass is 32.1. The van der Waals surface area contributed by atoms with Crippen molar-refractivity contribution in [2.45, 2.75) is 44.8 Å². The zero-order chi connectivity index (χ0) is 15.2. The van der Waals surface area contributed by atoms with Crippen molar-refractivity contribution in [1.29, 1.82) is 0 Å². The van der Waals surface area contributed by atoms with Crippen LogP contribution in [0.4, 0.5) is 0 Å². The first-order chi connectivity index (χ1) is 10.9. The second-order valence-corrected chi connectivity index (χ2v) is 6.51. The van der Waals surface area contributed by atoms with Crippen LogP contribution in [-0.4, -0.2) is 4.98 Å². The zero-order valence-electron chi connectivity index (χ0n) is 12.6. The third-order valence-corrected chi connectivity index (χ3v) is 4.94. The summed E-state index contributed by atoms with van der Waals surface area (Å²) in [5, 5.41) is 2.00. The maximum absolute atomic E-state index is 5.74. The van der Waals surface area contributed by atoms with Crippen LogP contribution in [0, 0.1) is 5.92 Å². The SMILES string of the molecule is NOC(c1ccc(OCc2cscn2)cc1)C1CCCCC1. The molecule has 118 valence electrons. The van der Waals surface area contributed by atoms with Gasteiger partial charge in [0.2, 0.25) is 0 Å². The van der Waals surface area contributed by atoms with Gasteiger partial charge >= 0.3 is 0 Å². The fraction of sp³-hybridized carbons (Fsp3) is 0.471. The van der Waals surface area contributed by atoms with Crippen LogP contribution in [0.15, 0.2) is 35.2 Å². The number of nitrogens with two attached hydrogens (primary N) is 1. The summed E-state index contributed by atoms with van der Waals surface area (Å²) in [4.78, 5) is 9.49. The summed E-state index contributed by atoms with van der Waals surface area (Å²) in [6.07, 6.45) is 6.27. The maximum atomic E-state index is 5.74. The summed E-state index contributed by atoms with van der Waals surface area (Å²) < 4.78 is 5.74. The number of benzene rings is 1. The largest absolute Gasteiger partial charge is 0.487 e. The molecule has 1 aromatic heterocycles. The Kier molecular flexibility index (Phi) is 5.43. The lowest BCUT2D eigenvalue weighted by Gasteiger charge is -2.28. The lowest BCUT2D eigenvalue weighted by Crippen LogP contribution is -2.21. The minimum atomic E-state index is -0.00658. The lowest BCUT2D eigenvalue weighted by molar-refractivity contribution is -0.00278. The first-order valence-corrected chi connectivity index (χ1v) is 8.76. The van der Waals surface area contributed by atoms with Crippen LogP contribution in [0.1, 0.15) is 49.5 Å². The Balaban J connectivity index is 1.61. The lowest BCUT2D eigenvalue weighted by atomic mass is 9.83. The highest BCUT2D eigenvalue weighted by Gasteiger charge is 2.25. The van der Waals surface area contributed by atoms with Gasteiger partial charge in [0.15, 0.2) is 0 Å². The number of hydrogen-bond donors (Lipinski definition) is 1. The van der Waals surface area contributed by atoms with E-state index in [1.807, 2.05) is 23.0 Å². The minimum absolute atomic E-state index is 0.00658. The molecule has 0 aliphatic heterocycles. The number of thiazole rings is 1. The average molecular weight is 318 g/mol. The van der Waals surface area contributed by atoms with E-state index >= 15 is 0 Å². The van der Waals surface area contributed by atoms with Gasteiger partial charge in [-0.2, -0.15) is 0 Å². The highest BCUT2D eigenvalue weighted by Crippen LogP contribution is 2.36. The van der Waals surface area contributed by atoms with Crippen LogP contribution in [0.25, 0.3) is 0 Å². The van der Waals surface area contributed by atoms with E-state index in [1.165, 1.54) is 32.1 Å². The van der Waals surface area contributed by atoms with Crippen LogP contribution in [-0.2, 0) is 11.4 Å². The first-order valence-electron chi connectivity index (χ1n) is 7.82. The molecule has 5 heteroatoms. The number of ether oxygens (including phenoxy) is 1. The standard InChI is InChI=1S/C17H22N2O2S/c18-21-17(13-4-2-1-3-5-13)14-6-8-16(9-7-14)20-10-15-11-22-12-19-15/h6-9,11-13,17H,1-5,10,18H2. The predicted molar refractivity (Wildman–Crippen MR) is 87.5 cm³/mol. The van der Waals surface area contributed by atoms with Crippen LogP contribution < -0.4 is 10.6 Å². The van der Waals surface area contributed by atoms with Gasteiger partial charge in [0.1, 0.15) is 18.5 Å². The molecule has 1 fully saturated rings. The van der Waals surface area contributed by atoms with Gasteiger partial charge in [0.05, 0.1) is 11.2 Å². The average Bonchev–Trinajstić information content (AvgIpc) is 3.09. The van der Waals surface area contributed by atoms with Crippen molar-refractivity contribution in [1.82, 2.24) is 4.98 Å². The van der Waals surface area contributed by atoms with Crippen molar-refractivity contribution in [2.75, 3.05) is 0 Å². The highest BCUT2D eigenvalue weighted by molar-refractivity contribution is 7.07. The maximum Gasteiger partial charge on any atom is 0.131 e. The number of hydrogen-bond acceptors (Lipinski definition) is 5. The van der Waals surface area contributed by atoms with Gasteiger partial charge in [-0.05, 0) is 36.5 Å². The first kappa shape index (κ1) is 15.5. The molecule has 1 unspecified atom stereocenters. The summed E-state index contributed by atoms with van der Waals surface area (Å²) in [6, 6.07) is 8.08. The van der Waals surface area contributed by atoms with Gasteiger partial charge in [-0.1, -0.05) is 31.4 Å². The summed E-state index contributed by atoms with van der Waals surface area (Å²) in [5.41, 5.74) is 3.91. The van der Waals surface area contributed by atoms with Crippen LogP contribution in [0.2, 0.25) is 0 Å². The summed E-state index contributed by atoms with van der Waals surface area (Å²) in [7, 11) is 0. The molecule has 1 saturated carbocycles. The zero-order valence-corrected chi connectivity index (χ0v) is 13.4. The fourth-order valence-corrected chi connectivity index (χ4v) is 3.66. The number of nitrogens with zero attached hydrogens (tertiary/aromatic N) is 1. The van der Waals surface area contributed by atoms with Gasteiger partial charge in [-0.3, -0.25) is 4.84 Å². The molecule has 22 heavy (non-hydrogen) atoms. The van der Waals surface area contributed by atoms with Crippen molar-refractivity contribution < 1.29 is 9.57 Å². The molecule has 2 N–H and O–H groups in total. The van der Waals surface area contributed by atoms with E-state index in [0.29, 0.717) is 12.5 Å². The van der Waals surface area contributed by atoms with Crippen LogP contribution >= 0.6 is 11.3 Å². The van der Waals surface area contributed by atoms with E-state index in [9.17, 15) is 0 Å². The Bertz CT molecular complexity index is 551. The second kappa shape index (κ2) is 7.72. The third-order valence-electron chi connectivity index (χ3n) is 4.30. The quantitative estimate of drug-likeness (QED) is 0.810. The summed E-state index contributed by atoms with van der Waals surface area (Å²) in [5.74, 6) is 6.93. The van der Waals surface area contributed by atoms with Gasteiger partial charge < -0.3 is 4.74 Å². The number of aromatic nitrogens is 1. The van der Waals surface area contributed by atoms with E-state index in [1.54, 1.807) is 11.3 Å². The predicted octanol–water partition coefficient (Wildman–Crippen LogP) is 4.23. The molecular formula is C17H22N2O2S. The van der Waals surface area contributed by atoms with E-state index in [0.717, 1.165) is 17.0 Å². The molecule has 2 aromatic rings. The Hall–Kier alpha value is -1.43. The topological polar surface area (TPSA) is 57.4 Å². The van der Waals surface area contributed by atoms with Crippen LogP contribution in [0.3, 0.4) is 0 Å². The van der Waals surface area contributed by atoms with E-state index in [4.69, 9.17) is 15.5 Å². The van der Waals surface area contributed by atoms with Crippen molar-refractivity contribution in [2.24, 2.45) is 11.8 Å². The van der Waals surface area contributed by atoms with E-state index < -0.39 is 0 Å². The Labute approximate surface area is 135 Å². The Morgan fingerprint density at radius 1 is 1.18 bits per heavy atom. The van der Waals surface area contributed by atoms with Crippen molar-refractivity contribution in [3.63, 3.8) is 0 Å². The van der Waals surface area contributed by atoms with Crippen molar-refractivity contribution >= 4 is 11.3 Å². The summed E-state index contributed by atoms with van der Waals surface area (Å²) >= 11 is 1.58. The van der Waals surface area contributed by atoms with Gasteiger partial charge in [0, 0.05) is 5.38 Å². The molecule has 1 heterocycles. The molecule has 0 spiro atoms. The van der Waals surface area contributed by atoms with Crippen molar-refractivity contribution in [3.8, 4) is 5.75 Å². The van der Waals surface area contributed by atoms with Gasteiger partial charge in [0.25, 0.3) is 0 Å². The molecule has 3 rings (SSSR count). The van der Waals surface area contributed by atoms with Gasteiger partial charge in [-0.25, -0.2) is 10.9 Å². The molecule has 0 bridgehead atoms. The Morgan fingerprint density at radius 2 is 1.95 bits per heavy atom. The normalized spacial score (nSPS) is 17.3. The Morgan fingerprint density at radius 3 is 2.59 bits per heavy atom. The molecular weight excluding hydrogens is 296 g/mol. The fourth-order valence-electron chi connectivity index (χ4n) is 3.12. The number of rotatable bonds is 6.